The summed E-state index contributed by atoms with van der Waals surface area (Å²) in [5, 5.41) is 5.12. The van der Waals surface area contributed by atoms with Crippen molar-refractivity contribution in [3.8, 4) is 33.4 Å². The van der Waals surface area contributed by atoms with Crippen molar-refractivity contribution < 1.29 is 0 Å². The van der Waals surface area contributed by atoms with E-state index < -0.39 is 0 Å². The van der Waals surface area contributed by atoms with Crippen molar-refractivity contribution in [2.24, 2.45) is 0 Å². The molecule has 0 N–H and O–H groups in total. The first kappa shape index (κ1) is 29.9. The van der Waals surface area contributed by atoms with Crippen LogP contribution in [0.1, 0.15) is 25.0 Å². The van der Waals surface area contributed by atoms with E-state index in [2.05, 4.69) is 195 Å². The number of hydrogen-bond donors (Lipinski definition) is 0. The molecule has 0 unspecified atom stereocenters. The standard InChI is InChI=1S/C49H35NS/c1-49(2)43-19-11-9-17-40(43)41-28-26-38(31-44(41)49)50(37-24-21-34(22-25-37)32-13-5-3-6-14-32)45-30-36-29-35(33-15-7-4-8-16-33)23-27-39(36)48-47(45)42-18-10-12-20-46(42)51-48/h3-31H,1-2H3. The molecule has 0 aliphatic heterocycles. The Hall–Kier alpha value is -5.96. The van der Waals surface area contributed by atoms with Crippen molar-refractivity contribution in [1.29, 1.82) is 0 Å². The molecule has 9 aromatic rings. The molecule has 8 aromatic carbocycles. The highest BCUT2D eigenvalue weighted by Crippen LogP contribution is 2.53. The van der Waals surface area contributed by atoms with E-state index in [1.807, 2.05) is 11.3 Å². The van der Waals surface area contributed by atoms with E-state index in [0.29, 0.717) is 0 Å². The third kappa shape index (κ3) is 4.75. The summed E-state index contributed by atoms with van der Waals surface area (Å²) in [6.45, 7) is 4.73. The smallest absolute Gasteiger partial charge is 0.0561 e. The van der Waals surface area contributed by atoms with E-state index in [0.717, 1.165) is 11.4 Å². The molecule has 242 valence electrons. The van der Waals surface area contributed by atoms with Crippen molar-refractivity contribution in [1.82, 2.24) is 0 Å². The Balaban J connectivity index is 1.26. The van der Waals surface area contributed by atoms with Gasteiger partial charge in [-0.25, -0.2) is 0 Å². The summed E-state index contributed by atoms with van der Waals surface area (Å²) < 4.78 is 2.63. The zero-order chi connectivity index (χ0) is 34.1. The molecular weight excluding hydrogens is 635 g/mol. The van der Waals surface area contributed by atoms with Crippen LogP contribution in [0.5, 0.6) is 0 Å². The zero-order valence-corrected chi connectivity index (χ0v) is 29.4. The fourth-order valence-electron chi connectivity index (χ4n) is 8.28. The van der Waals surface area contributed by atoms with Crippen molar-refractivity contribution in [2.75, 3.05) is 4.90 Å². The van der Waals surface area contributed by atoms with E-state index >= 15 is 0 Å². The Morgan fingerprint density at radius 1 is 0.451 bits per heavy atom. The molecule has 1 aliphatic carbocycles. The Morgan fingerprint density at radius 2 is 1.06 bits per heavy atom. The number of benzene rings is 8. The molecule has 1 heterocycles. The predicted molar refractivity (Wildman–Crippen MR) is 220 cm³/mol. The van der Waals surface area contributed by atoms with Gasteiger partial charge in [0.15, 0.2) is 0 Å². The summed E-state index contributed by atoms with van der Waals surface area (Å²) in [5.74, 6) is 0. The van der Waals surface area contributed by atoms with Crippen LogP contribution >= 0.6 is 11.3 Å². The minimum absolute atomic E-state index is 0.108. The second-order valence-corrected chi connectivity index (χ2v) is 15.2. The van der Waals surface area contributed by atoms with Crippen LogP contribution in [0, 0.1) is 0 Å². The van der Waals surface area contributed by atoms with Gasteiger partial charge in [-0.15, -0.1) is 11.3 Å². The van der Waals surface area contributed by atoms with Crippen LogP contribution in [0.3, 0.4) is 0 Å². The van der Waals surface area contributed by atoms with Gasteiger partial charge < -0.3 is 4.90 Å². The maximum atomic E-state index is 2.50. The summed E-state index contributed by atoms with van der Waals surface area (Å²) in [6.07, 6.45) is 0. The molecule has 1 nitrogen and oxygen atoms in total. The molecular formula is C49H35NS. The average Bonchev–Trinajstić information content (AvgIpc) is 3.69. The largest absolute Gasteiger partial charge is 0.310 e. The van der Waals surface area contributed by atoms with Gasteiger partial charge in [-0.3, -0.25) is 0 Å². The van der Waals surface area contributed by atoms with Crippen LogP contribution in [0.2, 0.25) is 0 Å². The number of rotatable bonds is 5. The molecule has 0 amide bonds. The van der Waals surface area contributed by atoms with Gasteiger partial charge in [0, 0.05) is 37.0 Å². The van der Waals surface area contributed by atoms with E-state index in [9.17, 15) is 0 Å². The fourth-order valence-corrected chi connectivity index (χ4v) is 9.54. The Bertz CT molecular complexity index is 2760. The first-order valence-electron chi connectivity index (χ1n) is 17.7. The van der Waals surface area contributed by atoms with Crippen LogP contribution in [-0.4, -0.2) is 0 Å². The van der Waals surface area contributed by atoms with Crippen molar-refractivity contribution in [3.05, 3.63) is 187 Å². The highest BCUT2D eigenvalue weighted by Gasteiger charge is 2.36. The van der Waals surface area contributed by atoms with Crippen molar-refractivity contribution >= 4 is 59.3 Å². The summed E-state index contributed by atoms with van der Waals surface area (Å²) in [6, 6.07) is 64.8. The Labute approximate surface area is 302 Å². The van der Waals surface area contributed by atoms with E-state index in [4.69, 9.17) is 0 Å². The molecule has 1 aromatic heterocycles. The van der Waals surface area contributed by atoms with E-state index in [1.165, 1.54) is 81.1 Å². The minimum atomic E-state index is -0.108. The van der Waals surface area contributed by atoms with Gasteiger partial charge in [0.1, 0.15) is 0 Å². The number of hydrogen-bond acceptors (Lipinski definition) is 2. The van der Waals surface area contributed by atoms with Crippen molar-refractivity contribution in [3.63, 3.8) is 0 Å². The summed E-state index contributed by atoms with van der Waals surface area (Å²) in [4.78, 5) is 2.50. The first-order valence-corrected chi connectivity index (χ1v) is 18.5. The fraction of sp³-hybridized carbons (Fsp3) is 0.0612. The highest BCUT2D eigenvalue weighted by atomic mass is 32.1. The second-order valence-electron chi connectivity index (χ2n) is 14.1. The summed E-state index contributed by atoms with van der Waals surface area (Å²) >= 11 is 1.90. The van der Waals surface area contributed by atoms with Crippen LogP contribution in [0.4, 0.5) is 17.1 Å². The Kier molecular flexibility index (Phi) is 6.78. The predicted octanol–water partition coefficient (Wildman–Crippen LogP) is 14.3. The molecule has 10 rings (SSSR count). The van der Waals surface area contributed by atoms with Gasteiger partial charge in [-0.1, -0.05) is 147 Å². The average molecular weight is 670 g/mol. The normalized spacial score (nSPS) is 13.1. The number of thiophene rings is 1. The minimum Gasteiger partial charge on any atom is -0.310 e. The lowest BCUT2D eigenvalue weighted by atomic mass is 9.82. The summed E-state index contributed by atoms with van der Waals surface area (Å²) in [5.41, 5.74) is 13.7. The second kappa shape index (κ2) is 11.6. The molecule has 1 aliphatic rings. The Morgan fingerprint density at radius 3 is 1.84 bits per heavy atom. The lowest BCUT2D eigenvalue weighted by Crippen LogP contribution is -2.16. The molecule has 2 heteroatoms. The molecule has 0 saturated heterocycles. The highest BCUT2D eigenvalue weighted by molar-refractivity contribution is 7.26. The van der Waals surface area contributed by atoms with Crippen LogP contribution in [-0.2, 0) is 5.41 Å². The number of nitrogens with zero attached hydrogens (tertiary/aromatic N) is 1. The van der Waals surface area contributed by atoms with Gasteiger partial charge in [-0.05, 0) is 97.7 Å². The molecule has 51 heavy (non-hydrogen) atoms. The zero-order valence-electron chi connectivity index (χ0n) is 28.6. The van der Waals surface area contributed by atoms with Crippen molar-refractivity contribution in [2.45, 2.75) is 19.3 Å². The third-order valence-corrected chi connectivity index (χ3v) is 12.1. The maximum Gasteiger partial charge on any atom is 0.0561 e. The van der Waals surface area contributed by atoms with E-state index in [-0.39, 0.29) is 5.41 Å². The van der Waals surface area contributed by atoms with Crippen LogP contribution < -0.4 is 4.90 Å². The van der Waals surface area contributed by atoms with Gasteiger partial charge in [-0.2, -0.15) is 0 Å². The van der Waals surface area contributed by atoms with Gasteiger partial charge >= 0.3 is 0 Å². The third-order valence-electron chi connectivity index (χ3n) is 10.8. The molecule has 0 fully saturated rings. The monoisotopic (exact) mass is 669 g/mol. The van der Waals surface area contributed by atoms with Crippen LogP contribution in [0.15, 0.2) is 176 Å². The first-order chi connectivity index (χ1) is 25.0. The summed E-state index contributed by atoms with van der Waals surface area (Å²) in [7, 11) is 0. The van der Waals surface area contributed by atoms with E-state index in [1.54, 1.807) is 0 Å². The van der Waals surface area contributed by atoms with Gasteiger partial charge in [0.05, 0.1) is 5.69 Å². The van der Waals surface area contributed by atoms with Gasteiger partial charge in [0.25, 0.3) is 0 Å². The number of fused-ring (bicyclic) bond motifs is 8. The lowest BCUT2D eigenvalue weighted by molar-refractivity contribution is 0.660. The lowest BCUT2D eigenvalue weighted by Gasteiger charge is -2.29. The maximum absolute atomic E-state index is 2.50. The topological polar surface area (TPSA) is 3.24 Å². The van der Waals surface area contributed by atoms with Gasteiger partial charge in [0.2, 0.25) is 0 Å². The molecule has 0 spiro atoms. The number of anilines is 3. The van der Waals surface area contributed by atoms with Crippen LogP contribution in [0.25, 0.3) is 64.3 Å². The molecule has 0 atom stereocenters. The molecule has 0 bridgehead atoms. The quantitative estimate of drug-likeness (QED) is 0.176. The molecule has 0 radical (unpaired) electrons. The molecule has 0 saturated carbocycles. The SMILES string of the molecule is CC1(C)c2ccccc2-c2ccc(N(c3ccc(-c4ccccc4)cc3)c3cc4cc(-c5ccccc5)ccc4c4sc5ccccc5c34)cc21.